The summed E-state index contributed by atoms with van der Waals surface area (Å²) >= 11 is 0. The quantitative estimate of drug-likeness (QED) is 0.486. The van der Waals surface area contributed by atoms with Crippen molar-refractivity contribution in [3.8, 4) is 0 Å². The number of aliphatic hydroxyl groups excluding tert-OH is 1. The van der Waals surface area contributed by atoms with Crippen LogP contribution in [0.1, 0.15) is 98.8 Å². The van der Waals surface area contributed by atoms with Gasteiger partial charge < -0.3 is 5.11 Å². The Morgan fingerprint density at radius 1 is 1.11 bits per heavy atom. The summed E-state index contributed by atoms with van der Waals surface area (Å²) in [6.07, 6.45) is 15.1. The van der Waals surface area contributed by atoms with Crippen LogP contribution in [0, 0.1) is 46.3 Å². The van der Waals surface area contributed by atoms with E-state index in [9.17, 15) is 5.11 Å². The Labute approximate surface area is 169 Å². The maximum Gasteiger partial charge on any atom is 0.0751 e. The summed E-state index contributed by atoms with van der Waals surface area (Å²) in [5.74, 6) is 4.78. The van der Waals surface area contributed by atoms with Gasteiger partial charge >= 0.3 is 0 Å². The van der Waals surface area contributed by atoms with E-state index < -0.39 is 0 Å². The van der Waals surface area contributed by atoms with Gasteiger partial charge in [-0.3, -0.25) is 0 Å². The van der Waals surface area contributed by atoms with Gasteiger partial charge in [0, 0.05) is 0 Å². The molecular weight excluding hydrogens is 328 g/mol. The van der Waals surface area contributed by atoms with Crippen molar-refractivity contribution in [3.63, 3.8) is 0 Å². The van der Waals surface area contributed by atoms with Gasteiger partial charge in [-0.1, -0.05) is 60.0 Å². The average molecular weight is 375 g/mol. The van der Waals surface area contributed by atoms with Crippen LogP contribution in [-0.2, 0) is 0 Å². The first kappa shape index (κ1) is 21.4. The minimum absolute atomic E-state index is 0.311. The summed E-state index contributed by atoms with van der Waals surface area (Å²) in [6.45, 7) is 16.4. The van der Waals surface area contributed by atoms with Crippen LogP contribution in [0.3, 0.4) is 0 Å². The minimum atomic E-state index is -0.311. The van der Waals surface area contributed by atoms with Gasteiger partial charge in [0.05, 0.1) is 6.10 Å². The molecule has 1 heteroatoms. The number of aliphatic hydroxyl groups is 1. The largest absolute Gasteiger partial charge is 0.389 e. The molecule has 9 unspecified atom stereocenters. The zero-order valence-electron chi connectivity index (χ0n) is 18.8. The fourth-order valence-electron chi connectivity index (χ4n) is 7.80. The Bertz CT molecular complexity index is 512. The lowest BCUT2D eigenvalue weighted by molar-refractivity contribution is -0.144. The summed E-state index contributed by atoms with van der Waals surface area (Å²) < 4.78 is 0. The highest BCUT2D eigenvalue weighted by atomic mass is 16.3. The second kappa shape index (κ2) is 8.21. The molecule has 3 rings (SSSR count). The van der Waals surface area contributed by atoms with Crippen LogP contribution in [0.15, 0.2) is 12.7 Å². The SMILES string of the molecule is C=CC(O)C1CCCC2C3CCC(C)C(C)(CCC(C)CC)C3CCC12C. The molecule has 9 atom stereocenters. The van der Waals surface area contributed by atoms with Gasteiger partial charge in [0.25, 0.3) is 0 Å². The molecule has 3 aliphatic carbocycles. The van der Waals surface area contributed by atoms with E-state index >= 15 is 0 Å². The topological polar surface area (TPSA) is 20.2 Å². The van der Waals surface area contributed by atoms with Crippen LogP contribution in [0.5, 0.6) is 0 Å². The molecule has 1 N–H and O–H groups in total. The Hall–Kier alpha value is -0.300. The molecule has 3 aliphatic rings. The minimum Gasteiger partial charge on any atom is -0.389 e. The molecule has 0 spiro atoms. The summed E-state index contributed by atoms with van der Waals surface area (Å²) in [5.41, 5.74) is 0.850. The van der Waals surface area contributed by atoms with Gasteiger partial charge in [-0.2, -0.15) is 0 Å². The van der Waals surface area contributed by atoms with E-state index in [4.69, 9.17) is 0 Å². The van der Waals surface area contributed by atoms with Crippen LogP contribution < -0.4 is 0 Å². The predicted octanol–water partition coefficient (Wildman–Crippen LogP) is 7.24. The van der Waals surface area contributed by atoms with Crippen molar-refractivity contribution < 1.29 is 5.11 Å². The highest BCUT2D eigenvalue weighted by molar-refractivity contribution is 5.08. The average Bonchev–Trinajstić information content (AvgIpc) is 2.67. The third-order valence-corrected chi connectivity index (χ3v) is 10.2. The molecule has 0 amide bonds. The molecule has 156 valence electrons. The molecule has 3 saturated carbocycles. The summed E-state index contributed by atoms with van der Waals surface area (Å²) in [5, 5.41) is 10.7. The van der Waals surface area contributed by atoms with Gasteiger partial charge in [0.15, 0.2) is 0 Å². The van der Waals surface area contributed by atoms with E-state index in [1.165, 1.54) is 64.2 Å². The van der Waals surface area contributed by atoms with Crippen molar-refractivity contribution in [3.05, 3.63) is 12.7 Å². The maximum absolute atomic E-state index is 10.7. The Morgan fingerprint density at radius 3 is 2.52 bits per heavy atom. The van der Waals surface area contributed by atoms with Crippen molar-refractivity contribution >= 4 is 0 Å². The van der Waals surface area contributed by atoms with E-state index in [1.54, 1.807) is 0 Å². The zero-order valence-corrected chi connectivity index (χ0v) is 18.8. The zero-order chi connectivity index (χ0) is 19.8. The van der Waals surface area contributed by atoms with Crippen LogP contribution in [0.4, 0.5) is 0 Å². The summed E-state index contributed by atoms with van der Waals surface area (Å²) in [4.78, 5) is 0. The molecule has 0 aromatic heterocycles. The number of rotatable bonds is 6. The molecule has 3 fully saturated rings. The first-order valence-corrected chi connectivity index (χ1v) is 12.1. The normalized spacial score (nSPS) is 46.8. The third kappa shape index (κ3) is 3.67. The van der Waals surface area contributed by atoms with Crippen molar-refractivity contribution in [1.82, 2.24) is 0 Å². The van der Waals surface area contributed by atoms with E-state index in [2.05, 4.69) is 41.2 Å². The third-order valence-electron chi connectivity index (χ3n) is 10.2. The van der Waals surface area contributed by atoms with Gasteiger partial charge in [-0.25, -0.2) is 0 Å². The molecule has 0 saturated heterocycles. The monoisotopic (exact) mass is 374 g/mol. The van der Waals surface area contributed by atoms with Gasteiger partial charge in [0.1, 0.15) is 0 Å². The molecule has 0 aromatic carbocycles. The molecule has 0 radical (unpaired) electrons. The van der Waals surface area contributed by atoms with Crippen LogP contribution >= 0.6 is 0 Å². The lowest BCUT2D eigenvalue weighted by atomic mass is 9.42. The fraction of sp³-hybridized carbons (Fsp3) is 0.923. The van der Waals surface area contributed by atoms with Gasteiger partial charge in [-0.05, 0) is 91.3 Å². The van der Waals surface area contributed by atoms with E-state index in [0.717, 1.165) is 29.6 Å². The Kier molecular flexibility index (Phi) is 6.51. The number of hydrogen-bond donors (Lipinski definition) is 1. The molecule has 0 bridgehead atoms. The molecule has 1 nitrogen and oxygen atoms in total. The van der Waals surface area contributed by atoms with Crippen molar-refractivity contribution in [2.45, 2.75) is 105 Å². The molecule has 27 heavy (non-hydrogen) atoms. The Balaban J connectivity index is 1.84. The predicted molar refractivity (Wildman–Crippen MR) is 117 cm³/mol. The highest BCUT2D eigenvalue weighted by Gasteiger charge is 2.58. The number of fused-ring (bicyclic) bond motifs is 3. The molecular formula is C26H46O. The fourth-order valence-corrected chi connectivity index (χ4v) is 7.80. The lowest BCUT2D eigenvalue weighted by Crippen LogP contribution is -2.56. The Morgan fingerprint density at radius 2 is 1.85 bits per heavy atom. The first-order valence-electron chi connectivity index (χ1n) is 12.1. The second-order valence-electron chi connectivity index (χ2n) is 11.2. The van der Waals surface area contributed by atoms with E-state index in [0.29, 0.717) is 16.7 Å². The first-order chi connectivity index (χ1) is 12.8. The summed E-state index contributed by atoms with van der Waals surface area (Å²) in [6, 6.07) is 0. The highest BCUT2D eigenvalue weighted by Crippen LogP contribution is 2.65. The van der Waals surface area contributed by atoms with Crippen LogP contribution in [0.2, 0.25) is 0 Å². The number of hydrogen-bond acceptors (Lipinski definition) is 1. The molecule has 0 heterocycles. The van der Waals surface area contributed by atoms with Crippen LogP contribution in [-0.4, -0.2) is 11.2 Å². The van der Waals surface area contributed by atoms with Gasteiger partial charge in [0.2, 0.25) is 0 Å². The standard InChI is InChI=1S/C26H46O/c1-7-18(3)14-16-25(5)19(4)12-13-20-21-10-9-11-23(24(27)8-2)26(21,6)17-15-22(20)25/h8,18-24,27H,2,7,9-17H2,1,3-6H3. The molecule has 0 aromatic rings. The lowest BCUT2D eigenvalue weighted by Gasteiger charge is -2.63. The maximum atomic E-state index is 10.7. The smallest absolute Gasteiger partial charge is 0.0751 e. The van der Waals surface area contributed by atoms with Crippen LogP contribution in [0.25, 0.3) is 0 Å². The second-order valence-corrected chi connectivity index (χ2v) is 11.2. The van der Waals surface area contributed by atoms with Crippen molar-refractivity contribution in [1.29, 1.82) is 0 Å². The van der Waals surface area contributed by atoms with E-state index in [1.807, 2.05) is 6.08 Å². The van der Waals surface area contributed by atoms with Gasteiger partial charge in [-0.15, -0.1) is 6.58 Å². The van der Waals surface area contributed by atoms with Crippen molar-refractivity contribution in [2.75, 3.05) is 0 Å². The molecule has 0 aliphatic heterocycles. The van der Waals surface area contributed by atoms with Crippen molar-refractivity contribution in [2.24, 2.45) is 46.3 Å². The summed E-state index contributed by atoms with van der Waals surface area (Å²) in [7, 11) is 0. The van der Waals surface area contributed by atoms with E-state index in [-0.39, 0.29) is 6.10 Å².